The van der Waals surface area contributed by atoms with E-state index in [0.29, 0.717) is 10.0 Å². The van der Waals surface area contributed by atoms with Crippen molar-refractivity contribution in [2.75, 3.05) is 6.61 Å². The largest absolute Gasteiger partial charge is 0.480 e. The lowest BCUT2D eigenvalue weighted by Crippen LogP contribution is -2.40. The molecule has 4 nitrogen and oxygen atoms in total. The number of halogens is 2. The lowest BCUT2D eigenvalue weighted by Gasteiger charge is -2.33. The zero-order valence-electron chi connectivity index (χ0n) is 14.7. The molecule has 0 amide bonds. The maximum atomic E-state index is 11.3. The van der Waals surface area contributed by atoms with E-state index >= 15 is 0 Å². The van der Waals surface area contributed by atoms with E-state index in [1.165, 1.54) is 0 Å². The Hall–Kier alpha value is -2.37. The van der Waals surface area contributed by atoms with Crippen LogP contribution in [0.4, 0.5) is 0 Å². The number of hydrogen-bond donors (Lipinski definition) is 2. The Balaban J connectivity index is 2.00. The Morgan fingerprint density at radius 2 is 1.50 bits per heavy atom. The number of ether oxygens (including phenoxy) is 1. The van der Waals surface area contributed by atoms with Crippen LogP contribution in [0, 0.1) is 0 Å². The first-order valence-corrected chi connectivity index (χ1v) is 9.47. The summed E-state index contributed by atoms with van der Waals surface area (Å²) in [5, 5.41) is 10.4. The van der Waals surface area contributed by atoms with Crippen LogP contribution in [0.3, 0.4) is 0 Å². The minimum atomic E-state index is -1.16. The predicted molar refractivity (Wildman–Crippen MR) is 110 cm³/mol. The highest BCUT2D eigenvalue weighted by molar-refractivity contribution is 6.31. The molecule has 0 saturated carbocycles. The van der Waals surface area contributed by atoms with Gasteiger partial charge in [-0.1, -0.05) is 65.7 Å². The van der Waals surface area contributed by atoms with Gasteiger partial charge in [-0.3, -0.25) is 4.79 Å². The average Bonchev–Trinajstić information content (AvgIpc) is 2.96. The molecule has 6 heteroatoms. The molecular formula is C22H17Cl2NO3. The van der Waals surface area contributed by atoms with Crippen LogP contribution in [0.25, 0.3) is 11.1 Å². The molecule has 28 heavy (non-hydrogen) atoms. The summed E-state index contributed by atoms with van der Waals surface area (Å²) in [5.41, 5.74) is 9.13. The van der Waals surface area contributed by atoms with Gasteiger partial charge in [0.15, 0.2) is 0 Å². The number of rotatable bonds is 5. The minimum Gasteiger partial charge on any atom is -0.480 e. The fraction of sp³-hybridized carbons (Fsp3) is 0.136. The van der Waals surface area contributed by atoms with Gasteiger partial charge in [-0.2, -0.15) is 0 Å². The van der Waals surface area contributed by atoms with Gasteiger partial charge in [0.05, 0.1) is 6.61 Å². The van der Waals surface area contributed by atoms with Gasteiger partial charge in [0.1, 0.15) is 11.6 Å². The maximum absolute atomic E-state index is 11.3. The number of carboxylic acid groups (broad SMARTS) is 1. The molecule has 1 aliphatic carbocycles. The SMILES string of the molecule is N[C@@H](COC1(c2ccccc2)c2cc(Cl)ccc2-c2ccc(Cl)cc21)C(=O)O. The Kier molecular flexibility index (Phi) is 4.89. The summed E-state index contributed by atoms with van der Waals surface area (Å²) in [7, 11) is 0. The first-order valence-electron chi connectivity index (χ1n) is 8.72. The molecule has 1 aliphatic rings. The second-order valence-electron chi connectivity index (χ2n) is 6.68. The first-order chi connectivity index (χ1) is 13.4. The minimum absolute atomic E-state index is 0.178. The molecule has 0 heterocycles. The highest BCUT2D eigenvalue weighted by Gasteiger charge is 2.46. The molecule has 0 aromatic heterocycles. The van der Waals surface area contributed by atoms with Crippen molar-refractivity contribution < 1.29 is 14.6 Å². The van der Waals surface area contributed by atoms with Gasteiger partial charge in [0.25, 0.3) is 0 Å². The smallest absolute Gasteiger partial charge is 0.322 e. The third-order valence-electron chi connectivity index (χ3n) is 4.99. The van der Waals surface area contributed by atoms with Crippen molar-refractivity contribution in [3.63, 3.8) is 0 Å². The monoisotopic (exact) mass is 413 g/mol. The van der Waals surface area contributed by atoms with E-state index < -0.39 is 17.6 Å². The molecule has 4 rings (SSSR count). The van der Waals surface area contributed by atoms with Crippen molar-refractivity contribution in [2.24, 2.45) is 5.73 Å². The molecule has 3 aromatic rings. The highest BCUT2D eigenvalue weighted by atomic mass is 35.5. The van der Waals surface area contributed by atoms with E-state index in [1.807, 2.05) is 66.7 Å². The number of carboxylic acids is 1. The van der Waals surface area contributed by atoms with Gasteiger partial charge in [-0.25, -0.2) is 0 Å². The molecule has 0 bridgehead atoms. The number of aliphatic carboxylic acids is 1. The Morgan fingerprint density at radius 3 is 2.00 bits per heavy atom. The predicted octanol–water partition coefficient (Wildman–Crippen LogP) is 4.69. The molecule has 0 saturated heterocycles. The van der Waals surface area contributed by atoms with E-state index in [0.717, 1.165) is 27.8 Å². The van der Waals surface area contributed by atoms with E-state index in [4.69, 9.17) is 33.7 Å². The molecule has 0 fully saturated rings. The molecule has 142 valence electrons. The lowest BCUT2D eigenvalue weighted by molar-refractivity contribution is -0.141. The fourth-order valence-corrected chi connectivity index (χ4v) is 4.08. The van der Waals surface area contributed by atoms with Crippen molar-refractivity contribution in [1.82, 2.24) is 0 Å². The summed E-state index contributed by atoms with van der Waals surface area (Å²) in [6.07, 6.45) is 0. The van der Waals surface area contributed by atoms with E-state index in [1.54, 1.807) is 0 Å². The van der Waals surface area contributed by atoms with E-state index in [9.17, 15) is 9.90 Å². The second-order valence-corrected chi connectivity index (χ2v) is 7.56. The molecule has 3 aromatic carbocycles. The standard InChI is InChI=1S/C22H17Cl2NO3/c23-14-6-8-16-17-9-7-15(24)11-19(17)22(18(16)10-14,13-4-2-1-3-5-13)28-12-20(25)21(26)27/h1-11,20H,12,25H2,(H,26,27)/t20-/m0/s1. The van der Waals surface area contributed by atoms with Gasteiger partial charge < -0.3 is 15.6 Å². The number of hydrogen-bond acceptors (Lipinski definition) is 3. The molecule has 1 atom stereocenters. The van der Waals surface area contributed by atoms with Gasteiger partial charge in [-0.05, 0) is 41.0 Å². The average molecular weight is 414 g/mol. The van der Waals surface area contributed by atoms with Crippen molar-refractivity contribution in [1.29, 1.82) is 0 Å². The number of fused-ring (bicyclic) bond motifs is 3. The lowest BCUT2D eigenvalue weighted by atomic mass is 9.84. The van der Waals surface area contributed by atoms with Crippen LogP contribution in [-0.4, -0.2) is 23.7 Å². The van der Waals surface area contributed by atoms with Gasteiger partial charge in [0, 0.05) is 21.2 Å². The van der Waals surface area contributed by atoms with Gasteiger partial charge in [-0.15, -0.1) is 0 Å². The van der Waals surface area contributed by atoms with Crippen LogP contribution in [0.2, 0.25) is 10.0 Å². The zero-order valence-corrected chi connectivity index (χ0v) is 16.2. The molecular weight excluding hydrogens is 397 g/mol. The van der Waals surface area contributed by atoms with E-state index in [2.05, 4.69) is 0 Å². The third kappa shape index (κ3) is 2.99. The quantitative estimate of drug-likeness (QED) is 0.635. The summed E-state index contributed by atoms with van der Waals surface area (Å²) in [5.74, 6) is -1.13. The summed E-state index contributed by atoms with van der Waals surface area (Å²) < 4.78 is 6.34. The summed E-state index contributed by atoms with van der Waals surface area (Å²) in [6, 6.07) is 19.7. The van der Waals surface area contributed by atoms with Crippen molar-refractivity contribution >= 4 is 29.2 Å². The van der Waals surface area contributed by atoms with Crippen molar-refractivity contribution in [3.05, 3.63) is 93.5 Å². The Labute approximate surface area is 172 Å². The fourth-order valence-electron chi connectivity index (χ4n) is 3.74. The topological polar surface area (TPSA) is 72.5 Å². The number of benzene rings is 3. The van der Waals surface area contributed by atoms with Gasteiger partial charge in [0.2, 0.25) is 0 Å². The van der Waals surface area contributed by atoms with Crippen molar-refractivity contribution in [3.8, 4) is 11.1 Å². The Morgan fingerprint density at radius 1 is 0.964 bits per heavy atom. The van der Waals surface area contributed by atoms with Crippen molar-refractivity contribution in [2.45, 2.75) is 11.6 Å². The van der Waals surface area contributed by atoms with Gasteiger partial charge >= 0.3 is 5.97 Å². The molecule has 0 spiro atoms. The van der Waals surface area contributed by atoms with Crippen LogP contribution in [0.15, 0.2) is 66.7 Å². The molecule has 0 radical (unpaired) electrons. The second kappa shape index (κ2) is 7.22. The van der Waals surface area contributed by atoms with E-state index in [-0.39, 0.29) is 6.61 Å². The van der Waals surface area contributed by atoms with Crippen LogP contribution in [0.5, 0.6) is 0 Å². The molecule has 3 N–H and O–H groups in total. The summed E-state index contributed by atoms with van der Waals surface area (Å²) >= 11 is 12.6. The zero-order chi connectivity index (χ0) is 19.9. The third-order valence-corrected chi connectivity index (χ3v) is 5.46. The van der Waals surface area contributed by atoms with Crippen LogP contribution < -0.4 is 5.73 Å². The number of carbonyl (C=O) groups is 1. The summed E-state index contributed by atoms with van der Waals surface area (Å²) in [4.78, 5) is 11.3. The molecule has 0 aliphatic heterocycles. The van der Waals surface area contributed by atoms with Crippen LogP contribution in [0.1, 0.15) is 16.7 Å². The highest BCUT2D eigenvalue weighted by Crippen LogP contribution is 2.54. The number of nitrogens with two attached hydrogens (primary N) is 1. The normalized spacial score (nSPS) is 15.0. The van der Waals surface area contributed by atoms with Crippen LogP contribution in [-0.2, 0) is 15.1 Å². The Bertz CT molecular complexity index is 1000. The first kappa shape index (κ1) is 19.0. The summed E-state index contributed by atoms with van der Waals surface area (Å²) in [6.45, 7) is -0.178. The maximum Gasteiger partial charge on any atom is 0.322 e. The van der Waals surface area contributed by atoms with Crippen LogP contribution >= 0.6 is 23.2 Å². The molecule has 0 unspecified atom stereocenters.